The lowest BCUT2D eigenvalue weighted by atomic mass is 10.0. The van der Waals surface area contributed by atoms with Crippen LogP contribution in [0.4, 0.5) is 0 Å². The Bertz CT molecular complexity index is 1710. The van der Waals surface area contributed by atoms with Crippen molar-refractivity contribution in [1.82, 2.24) is 35.8 Å². The average molecular weight is 658 g/mol. The summed E-state index contributed by atoms with van der Waals surface area (Å²) in [6.45, 7) is 7.04. The van der Waals surface area contributed by atoms with Gasteiger partial charge in [-0.25, -0.2) is 9.97 Å². The van der Waals surface area contributed by atoms with Crippen LogP contribution in [0.1, 0.15) is 88.0 Å². The van der Waals surface area contributed by atoms with Crippen molar-refractivity contribution < 1.29 is 23.6 Å². The molecular weight excluding hydrogens is 618 g/mol. The van der Waals surface area contributed by atoms with Crippen LogP contribution >= 0.6 is 11.3 Å². The number of hydrogen-bond acceptors (Lipinski definition) is 9. The van der Waals surface area contributed by atoms with E-state index in [1.165, 1.54) is 16.2 Å². The van der Waals surface area contributed by atoms with E-state index in [-0.39, 0.29) is 48.6 Å². The van der Waals surface area contributed by atoms with Crippen molar-refractivity contribution in [3.8, 4) is 0 Å². The Kier molecular flexibility index (Phi) is 10.8. The summed E-state index contributed by atoms with van der Waals surface area (Å²) in [5.74, 6) is -1.20. The summed E-state index contributed by atoms with van der Waals surface area (Å²) in [7, 11) is 0. The van der Waals surface area contributed by atoms with E-state index in [0.717, 1.165) is 11.1 Å². The summed E-state index contributed by atoms with van der Waals surface area (Å²) in [4.78, 5) is 68.8. The van der Waals surface area contributed by atoms with Gasteiger partial charge in [0.25, 0.3) is 11.8 Å². The Hall–Kier alpha value is -4.91. The number of aromatic nitrogens is 3. The number of nitrogens with zero attached hydrogens (tertiary/aromatic N) is 4. The summed E-state index contributed by atoms with van der Waals surface area (Å²) >= 11 is 1.26. The first-order valence-corrected chi connectivity index (χ1v) is 16.5. The normalized spacial score (nSPS) is 19.4. The first-order valence-electron chi connectivity index (χ1n) is 15.6. The van der Waals surface area contributed by atoms with Crippen molar-refractivity contribution in [2.75, 3.05) is 13.1 Å². The Morgan fingerprint density at radius 3 is 2.51 bits per heavy atom. The number of nitrogens with one attached hydrogen (secondary N) is 3. The van der Waals surface area contributed by atoms with Crippen LogP contribution in [0.3, 0.4) is 0 Å². The van der Waals surface area contributed by atoms with Crippen molar-refractivity contribution in [3.05, 3.63) is 99.4 Å². The highest BCUT2D eigenvalue weighted by Crippen LogP contribution is 2.25. The molecule has 3 atom stereocenters. The van der Waals surface area contributed by atoms with Crippen molar-refractivity contribution >= 4 is 35.0 Å². The molecule has 4 amide bonds. The highest BCUT2D eigenvalue weighted by molar-refractivity contribution is 7.09. The molecule has 0 fully saturated rings. The molecular formula is C34H39N7O5S. The van der Waals surface area contributed by atoms with E-state index in [1.54, 1.807) is 31.6 Å². The molecule has 5 rings (SSSR count). The van der Waals surface area contributed by atoms with Gasteiger partial charge in [0.1, 0.15) is 22.5 Å². The molecule has 4 aromatic rings. The molecule has 0 saturated carbocycles. The van der Waals surface area contributed by atoms with Crippen LogP contribution in [-0.2, 0) is 22.4 Å². The number of carbonyl (C=O) groups is 4. The van der Waals surface area contributed by atoms with Crippen molar-refractivity contribution in [2.24, 2.45) is 5.92 Å². The SMILES string of the molecule is Cc1oc2nc1C(=O)N[C@H](C)c1nc(cs1)C(=O)N[C@H](Cc1ccccc1)CN(C(=O)CCc1cccnc1)CC(=O)N[C@H]2C(C)C. The van der Waals surface area contributed by atoms with E-state index in [4.69, 9.17) is 4.42 Å². The number of carbonyl (C=O) groups excluding carboxylic acids is 4. The lowest BCUT2D eigenvalue weighted by Crippen LogP contribution is -2.50. The fourth-order valence-electron chi connectivity index (χ4n) is 5.38. The number of thiazole rings is 1. The molecule has 47 heavy (non-hydrogen) atoms. The molecule has 0 aliphatic carbocycles. The zero-order valence-electron chi connectivity index (χ0n) is 26.9. The third-order valence-electron chi connectivity index (χ3n) is 7.89. The molecule has 4 heterocycles. The number of amides is 4. The van der Waals surface area contributed by atoms with Gasteiger partial charge in [0.05, 0.1) is 18.6 Å². The van der Waals surface area contributed by atoms with Gasteiger partial charge in [0.2, 0.25) is 17.7 Å². The topological polar surface area (TPSA) is 159 Å². The summed E-state index contributed by atoms with van der Waals surface area (Å²) in [5, 5.41) is 11.1. The van der Waals surface area contributed by atoms with E-state index in [1.807, 2.05) is 56.3 Å². The second-order valence-electron chi connectivity index (χ2n) is 12.0. The third kappa shape index (κ3) is 8.67. The van der Waals surface area contributed by atoms with Crippen LogP contribution in [0.2, 0.25) is 0 Å². The van der Waals surface area contributed by atoms with E-state index < -0.39 is 35.8 Å². The highest BCUT2D eigenvalue weighted by atomic mass is 32.1. The number of rotatable bonds is 6. The van der Waals surface area contributed by atoms with Crippen LogP contribution < -0.4 is 16.0 Å². The number of fused-ring (bicyclic) bond motifs is 4. The molecule has 1 aliphatic heterocycles. The zero-order valence-corrected chi connectivity index (χ0v) is 27.7. The monoisotopic (exact) mass is 657 g/mol. The summed E-state index contributed by atoms with van der Waals surface area (Å²) in [5.41, 5.74) is 2.14. The minimum atomic E-state index is -0.659. The molecule has 0 spiro atoms. The number of hydrogen-bond donors (Lipinski definition) is 3. The van der Waals surface area contributed by atoms with Gasteiger partial charge in [-0.2, -0.15) is 0 Å². The van der Waals surface area contributed by atoms with Crippen LogP contribution in [0.25, 0.3) is 0 Å². The fraction of sp³-hybridized carbons (Fsp3) is 0.382. The lowest BCUT2D eigenvalue weighted by Gasteiger charge is -2.29. The first kappa shape index (κ1) is 33.5. The number of benzene rings is 1. The molecule has 3 aromatic heterocycles. The standard InChI is InChI=1S/C34H39N7O5S/c1-20(2)29-33-40-30(22(4)46-33)32(45)36-21(3)34-38-26(19-47-34)31(44)37-25(15-23-9-6-5-7-10-23)17-41(18-27(42)39-29)28(43)13-12-24-11-8-14-35-16-24/h5-11,14,16,19-21,25,29H,12-13,15,17-18H2,1-4H3,(H,36,45)(H,37,44)(H,39,42)/t21-,25-,29+/m1/s1. The highest BCUT2D eigenvalue weighted by Gasteiger charge is 2.30. The van der Waals surface area contributed by atoms with Crippen LogP contribution in [0, 0.1) is 12.8 Å². The minimum Gasteiger partial charge on any atom is -0.443 e. The lowest BCUT2D eigenvalue weighted by molar-refractivity contribution is -0.136. The van der Waals surface area contributed by atoms with E-state index in [9.17, 15) is 19.2 Å². The smallest absolute Gasteiger partial charge is 0.274 e. The maximum absolute atomic E-state index is 13.8. The first-order chi connectivity index (χ1) is 22.6. The van der Waals surface area contributed by atoms with Crippen LogP contribution in [0.5, 0.6) is 0 Å². The molecule has 0 unspecified atom stereocenters. The van der Waals surface area contributed by atoms with E-state index in [0.29, 0.717) is 23.6 Å². The van der Waals surface area contributed by atoms with Crippen LogP contribution in [0.15, 0.2) is 64.7 Å². The van der Waals surface area contributed by atoms with Gasteiger partial charge in [-0.1, -0.05) is 50.2 Å². The quantitative estimate of drug-likeness (QED) is 0.281. The molecule has 246 valence electrons. The van der Waals surface area contributed by atoms with Gasteiger partial charge in [0, 0.05) is 30.7 Å². The second-order valence-corrected chi connectivity index (χ2v) is 12.9. The third-order valence-corrected chi connectivity index (χ3v) is 8.92. The van der Waals surface area contributed by atoms with Gasteiger partial charge in [-0.15, -0.1) is 11.3 Å². The Morgan fingerprint density at radius 2 is 1.79 bits per heavy atom. The molecule has 13 heteroatoms. The van der Waals surface area contributed by atoms with E-state index in [2.05, 4.69) is 30.9 Å². The Labute approximate surface area is 277 Å². The maximum Gasteiger partial charge on any atom is 0.274 e. The molecule has 1 aliphatic rings. The molecule has 0 saturated heterocycles. The van der Waals surface area contributed by atoms with Gasteiger partial charge in [-0.3, -0.25) is 24.2 Å². The Balaban J connectivity index is 1.50. The van der Waals surface area contributed by atoms with Gasteiger partial charge in [-0.05, 0) is 49.8 Å². The second kappa shape index (κ2) is 15.1. The van der Waals surface area contributed by atoms with Crippen LogP contribution in [-0.4, -0.2) is 62.6 Å². The molecule has 0 radical (unpaired) electrons. The minimum absolute atomic E-state index is 0.0813. The summed E-state index contributed by atoms with van der Waals surface area (Å²) < 4.78 is 5.91. The fourth-order valence-corrected chi connectivity index (χ4v) is 6.19. The molecule has 4 bridgehead atoms. The number of pyridine rings is 1. The number of oxazole rings is 1. The number of aryl methyl sites for hydroxylation is 2. The maximum atomic E-state index is 13.8. The molecule has 3 N–H and O–H groups in total. The van der Waals surface area contributed by atoms with Gasteiger partial charge < -0.3 is 25.3 Å². The van der Waals surface area contributed by atoms with Crippen molar-refractivity contribution in [3.63, 3.8) is 0 Å². The predicted octanol–water partition coefficient (Wildman–Crippen LogP) is 3.95. The van der Waals surface area contributed by atoms with Gasteiger partial charge >= 0.3 is 0 Å². The molecule has 12 nitrogen and oxygen atoms in total. The summed E-state index contributed by atoms with van der Waals surface area (Å²) in [6, 6.07) is 11.6. The predicted molar refractivity (Wildman–Crippen MR) is 175 cm³/mol. The average Bonchev–Trinajstić information content (AvgIpc) is 3.70. The van der Waals surface area contributed by atoms with E-state index >= 15 is 0 Å². The zero-order chi connectivity index (χ0) is 33.5. The van der Waals surface area contributed by atoms with Crippen molar-refractivity contribution in [1.29, 1.82) is 0 Å². The van der Waals surface area contributed by atoms with Crippen molar-refractivity contribution in [2.45, 2.75) is 65.1 Å². The largest absolute Gasteiger partial charge is 0.443 e. The molecule has 1 aromatic carbocycles. The summed E-state index contributed by atoms with van der Waals surface area (Å²) in [6.07, 6.45) is 4.37. The Morgan fingerprint density at radius 1 is 1.02 bits per heavy atom. The van der Waals surface area contributed by atoms with Gasteiger partial charge in [0.15, 0.2) is 5.69 Å².